The predicted octanol–water partition coefficient (Wildman–Crippen LogP) is 8.52. The van der Waals surface area contributed by atoms with Gasteiger partial charge < -0.3 is 39.4 Å². The van der Waals surface area contributed by atoms with Crippen LogP contribution in [0.4, 0.5) is 0 Å². The van der Waals surface area contributed by atoms with Gasteiger partial charge in [0.2, 0.25) is 0 Å². The Balaban J connectivity index is 2.31. The molecule has 0 aromatic heterocycles. The van der Waals surface area contributed by atoms with Gasteiger partial charge in [-0.1, -0.05) is 125 Å². The van der Waals surface area contributed by atoms with Gasteiger partial charge in [-0.25, -0.2) is 0 Å². The molecule has 0 aliphatic carbocycles. The third-order valence-electron chi connectivity index (χ3n) is 8.84. The lowest BCUT2D eigenvalue weighted by atomic mass is 9.99. The van der Waals surface area contributed by atoms with Gasteiger partial charge in [-0.2, -0.15) is 0 Å². The minimum absolute atomic E-state index is 0.120. The highest BCUT2D eigenvalue weighted by atomic mass is 16.7. The zero-order chi connectivity index (χ0) is 38.6. The van der Waals surface area contributed by atoms with Crippen LogP contribution in [0.2, 0.25) is 0 Å². The fourth-order valence-corrected chi connectivity index (χ4v) is 5.64. The Morgan fingerprint density at radius 1 is 0.623 bits per heavy atom. The number of allylic oxidation sites excluding steroid dienone is 12. The standard InChI is InChI=1S/C44H74O9/c1-3-5-7-9-11-13-15-16-17-18-19-20-21-22-23-24-26-28-30-32-34-50-36-38(37-51-44-43(49)42(48)41(47)39(35-45)53-44)52-40(46)33-31-29-27-25-14-12-10-8-6-4-2/h5,7-8,10-11,13,16-17,19-20,22-23,38-39,41-45,47-49H,3-4,6,9,12,14-15,18,21,24-37H2,1-2H3/b7-5-,10-8-,13-11-,17-16-,20-19-,23-22-. The third-order valence-corrected chi connectivity index (χ3v) is 8.84. The number of aliphatic hydroxyl groups excluding tert-OH is 4. The molecule has 0 aromatic carbocycles. The summed E-state index contributed by atoms with van der Waals surface area (Å²) in [6.07, 6.45) is 37.9. The molecule has 1 saturated heterocycles. The summed E-state index contributed by atoms with van der Waals surface area (Å²) >= 11 is 0. The van der Waals surface area contributed by atoms with E-state index in [1.807, 2.05) is 0 Å². The summed E-state index contributed by atoms with van der Waals surface area (Å²) in [6, 6.07) is 0. The molecule has 0 radical (unpaired) electrons. The van der Waals surface area contributed by atoms with Gasteiger partial charge >= 0.3 is 5.97 Å². The maximum Gasteiger partial charge on any atom is 0.306 e. The second-order valence-corrected chi connectivity index (χ2v) is 13.7. The SMILES string of the molecule is CC/C=C\C/C=C\C/C=C\C/C=C\C/C=C\CCCCCCOCC(COC1OC(CO)C(O)C(O)C1O)OC(=O)CCCCCCC/C=C\CCC. The fraction of sp³-hybridized carbons (Fsp3) is 0.705. The normalized spacial score (nSPS) is 21.8. The van der Waals surface area contributed by atoms with E-state index in [0.29, 0.717) is 13.0 Å². The first kappa shape index (κ1) is 48.6. The van der Waals surface area contributed by atoms with Gasteiger partial charge in [0, 0.05) is 13.0 Å². The summed E-state index contributed by atoms with van der Waals surface area (Å²) < 4.78 is 22.7. The van der Waals surface area contributed by atoms with Crippen LogP contribution in [0.15, 0.2) is 72.9 Å². The molecular formula is C44H74O9. The summed E-state index contributed by atoms with van der Waals surface area (Å²) in [5, 5.41) is 40.0. The molecule has 1 aliphatic rings. The second kappa shape index (κ2) is 35.3. The van der Waals surface area contributed by atoms with E-state index in [1.54, 1.807) is 0 Å². The van der Waals surface area contributed by atoms with Crippen molar-refractivity contribution in [2.75, 3.05) is 26.4 Å². The van der Waals surface area contributed by atoms with E-state index in [4.69, 9.17) is 18.9 Å². The summed E-state index contributed by atoms with van der Waals surface area (Å²) in [7, 11) is 0. The molecule has 4 N–H and O–H groups in total. The first-order valence-electron chi connectivity index (χ1n) is 20.5. The Hall–Kier alpha value is -2.37. The lowest BCUT2D eigenvalue weighted by molar-refractivity contribution is -0.305. The van der Waals surface area contributed by atoms with E-state index < -0.39 is 43.4 Å². The predicted molar refractivity (Wildman–Crippen MR) is 214 cm³/mol. The molecule has 0 aromatic rings. The summed E-state index contributed by atoms with van der Waals surface area (Å²) in [5.74, 6) is -0.339. The monoisotopic (exact) mass is 747 g/mol. The van der Waals surface area contributed by atoms with Crippen molar-refractivity contribution in [2.24, 2.45) is 0 Å². The van der Waals surface area contributed by atoms with Gasteiger partial charge in [-0.3, -0.25) is 4.79 Å². The van der Waals surface area contributed by atoms with E-state index in [9.17, 15) is 25.2 Å². The maximum atomic E-state index is 12.7. The molecular weight excluding hydrogens is 672 g/mol. The average molecular weight is 747 g/mol. The van der Waals surface area contributed by atoms with Crippen molar-refractivity contribution in [3.63, 3.8) is 0 Å². The first-order chi connectivity index (χ1) is 25.9. The van der Waals surface area contributed by atoms with Crippen LogP contribution in [-0.4, -0.2) is 89.6 Å². The molecule has 0 saturated carbocycles. The van der Waals surface area contributed by atoms with E-state index >= 15 is 0 Å². The molecule has 0 bridgehead atoms. The second-order valence-electron chi connectivity index (χ2n) is 13.7. The summed E-state index contributed by atoms with van der Waals surface area (Å²) in [4.78, 5) is 12.7. The Morgan fingerprint density at radius 2 is 1.15 bits per heavy atom. The molecule has 1 rings (SSSR count). The largest absolute Gasteiger partial charge is 0.457 e. The number of ether oxygens (including phenoxy) is 4. The summed E-state index contributed by atoms with van der Waals surface area (Å²) in [6.45, 7) is 4.28. The van der Waals surface area contributed by atoms with E-state index in [0.717, 1.165) is 109 Å². The van der Waals surface area contributed by atoms with Crippen molar-refractivity contribution in [1.82, 2.24) is 0 Å². The van der Waals surface area contributed by atoms with Gasteiger partial charge in [-0.15, -0.1) is 0 Å². The highest BCUT2D eigenvalue weighted by Crippen LogP contribution is 2.22. The number of hydrogen-bond donors (Lipinski definition) is 4. The molecule has 304 valence electrons. The van der Waals surface area contributed by atoms with Crippen LogP contribution in [0, 0.1) is 0 Å². The first-order valence-corrected chi connectivity index (χ1v) is 20.5. The molecule has 9 heteroatoms. The van der Waals surface area contributed by atoms with Crippen LogP contribution in [0.25, 0.3) is 0 Å². The molecule has 6 unspecified atom stereocenters. The number of esters is 1. The van der Waals surface area contributed by atoms with E-state index in [2.05, 4.69) is 86.8 Å². The van der Waals surface area contributed by atoms with Crippen LogP contribution >= 0.6 is 0 Å². The lowest BCUT2D eigenvalue weighted by Crippen LogP contribution is -2.59. The van der Waals surface area contributed by atoms with E-state index in [-0.39, 0.29) is 19.2 Å². The number of carbonyl (C=O) groups is 1. The quantitative estimate of drug-likeness (QED) is 0.0296. The molecule has 53 heavy (non-hydrogen) atoms. The smallest absolute Gasteiger partial charge is 0.306 e. The lowest BCUT2D eigenvalue weighted by Gasteiger charge is -2.39. The molecule has 1 aliphatic heterocycles. The highest BCUT2D eigenvalue weighted by Gasteiger charge is 2.44. The van der Waals surface area contributed by atoms with Crippen LogP contribution < -0.4 is 0 Å². The minimum atomic E-state index is -1.54. The van der Waals surface area contributed by atoms with Crippen molar-refractivity contribution < 1.29 is 44.2 Å². The van der Waals surface area contributed by atoms with Gasteiger partial charge in [0.25, 0.3) is 0 Å². The Kier molecular flexibility index (Phi) is 32.4. The van der Waals surface area contributed by atoms with E-state index in [1.165, 1.54) is 6.42 Å². The number of hydrogen-bond acceptors (Lipinski definition) is 9. The van der Waals surface area contributed by atoms with Gasteiger partial charge in [0.05, 0.1) is 19.8 Å². The van der Waals surface area contributed by atoms with Crippen LogP contribution in [-0.2, 0) is 23.7 Å². The van der Waals surface area contributed by atoms with Crippen molar-refractivity contribution in [1.29, 1.82) is 0 Å². The maximum absolute atomic E-state index is 12.7. The number of aliphatic hydroxyl groups is 4. The topological polar surface area (TPSA) is 135 Å². The Morgan fingerprint density at radius 3 is 1.75 bits per heavy atom. The molecule has 1 heterocycles. The highest BCUT2D eigenvalue weighted by molar-refractivity contribution is 5.69. The molecule has 1 fully saturated rings. The zero-order valence-corrected chi connectivity index (χ0v) is 33.0. The van der Waals surface area contributed by atoms with Crippen molar-refractivity contribution in [3.05, 3.63) is 72.9 Å². The molecule has 6 atom stereocenters. The van der Waals surface area contributed by atoms with Crippen molar-refractivity contribution >= 4 is 5.97 Å². The molecule has 0 amide bonds. The molecule has 0 spiro atoms. The fourth-order valence-electron chi connectivity index (χ4n) is 5.64. The third kappa shape index (κ3) is 27.0. The van der Waals surface area contributed by atoms with Gasteiger partial charge in [0.15, 0.2) is 6.29 Å². The van der Waals surface area contributed by atoms with Crippen molar-refractivity contribution in [3.8, 4) is 0 Å². The van der Waals surface area contributed by atoms with Gasteiger partial charge in [-0.05, 0) is 77.0 Å². The zero-order valence-electron chi connectivity index (χ0n) is 33.0. The van der Waals surface area contributed by atoms with Crippen LogP contribution in [0.5, 0.6) is 0 Å². The van der Waals surface area contributed by atoms with Gasteiger partial charge in [0.1, 0.15) is 30.5 Å². The molecule has 9 nitrogen and oxygen atoms in total. The average Bonchev–Trinajstić information content (AvgIpc) is 3.16. The number of unbranched alkanes of at least 4 members (excludes halogenated alkanes) is 10. The van der Waals surface area contributed by atoms with Crippen molar-refractivity contribution in [2.45, 2.75) is 173 Å². The number of carbonyl (C=O) groups excluding carboxylic acids is 1. The van der Waals surface area contributed by atoms with Crippen LogP contribution in [0.1, 0.15) is 136 Å². The Bertz CT molecular complexity index is 1030. The Labute approximate surface area is 321 Å². The number of rotatable bonds is 33. The van der Waals surface area contributed by atoms with Crippen LogP contribution in [0.3, 0.4) is 0 Å². The summed E-state index contributed by atoms with van der Waals surface area (Å²) in [5.41, 5.74) is 0. The minimum Gasteiger partial charge on any atom is -0.457 e.